The fraction of sp³-hybridized carbons (Fsp3) is 1.00. The zero-order valence-corrected chi connectivity index (χ0v) is 14.1. The lowest BCUT2D eigenvalue weighted by Gasteiger charge is -2.31. The van der Waals surface area contributed by atoms with Gasteiger partial charge in [0.1, 0.15) is 0 Å². The van der Waals surface area contributed by atoms with Crippen molar-refractivity contribution < 1.29 is 4.43 Å². The molecule has 0 amide bonds. The molecule has 2 heteroatoms. The zero-order valence-electron chi connectivity index (χ0n) is 13.1. The smallest absolute Gasteiger partial charge is 0.192 e. The Morgan fingerprint density at radius 2 is 1.50 bits per heavy atom. The largest absolute Gasteiger partial charge is 0.414 e. The molecule has 1 aliphatic heterocycles. The molecule has 0 radical (unpaired) electrons. The minimum Gasteiger partial charge on any atom is -0.414 e. The highest BCUT2D eigenvalue weighted by atomic mass is 28.4. The van der Waals surface area contributed by atoms with E-state index in [0.717, 1.165) is 5.92 Å². The van der Waals surface area contributed by atoms with Gasteiger partial charge in [-0.1, -0.05) is 53.4 Å². The van der Waals surface area contributed by atoms with E-state index in [0.29, 0.717) is 6.10 Å². The summed E-state index contributed by atoms with van der Waals surface area (Å²) in [6.07, 6.45) is 10.0. The fourth-order valence-electron chi connectivity index (χ4n) is 3.39. The maximum Gasteiger partial charge on any atom is 0.192 e. The van der Waals surface area contributed by atoms with Crippen molar-refractivity contribution in [3.8, 4) is 0 Å². The Morgan fingerprint density at radius 3 is 1.94 bits per heavy atom. The molecule has 1 saturated heterocycles. The van der Waals surface area contributed by atoms with Gasteiger partial charge in [0, 0.05) is 6.10 Å². The van der Waals surface area contributed by atoms with Crippen molar-refractivity contribution in [2.24, 2.45) is 5.92 Å². The molecule has 108 valence electrons. The molecule has 0 spiro atoms. The van der Waals surface area contributed by atoms with Gasteiger partial charge in [0.2, 0.25) is 0 Å². The molecule has 0 N–H and O–H groups in total. The second-order valence-corrected chi connectivity index (χ2v) is 10.5. The van der Waals surface area contributed by atoms with Gasteiger partial charge in [-0.25, -0.2) is 0 Å². The van der Waals surface area contributed by atoms with Crippen molar-refractivity contribution in [3.63, 3.8) is 0 Å². The molecule has 1 unspecified atom stereocenters. The van der Waals surface area contributed by atoms with Crippen LogP contribution in [0.5, 0.6) is 0 Å². The highest BCUT2D eigenvalue weighted by Crippen LogP contribution is 2.36. The number of hydrogen-bond donors (Lipinski definition) is 0. The first-order chi connectivity index (χ1) is 8.69. The van der Waals surface area contributed by atoms with E-state index < -0.39 is 8.32 Å². The maximum atomic E-state index is 6.68. The lowest BCUT2D eigenvalue weighted by atomic mass is 9.95. The molecule has 0 aromatic heterocycles. The zero-order chi connectivity index (χ0) is 13.4. The lowest BCUT2D eigenvalue weighted by molar-refractivity contribution is 0.162. The summed E-state index contributed by atoms with van der Waals surface area (Å²) in [6.45, 7) is 9.33. The third-order valence-electron chi connectivity index (χ3n) is 5.08. The molecular formula is C16H34OSi. The average molecular weight is 271 g/mol. The quantitative estimate of drug-likeness (QED) is 0.484. The van der Waals surface area contributed by atoms with Gasteiger partial charge in [-0.2, -0.15) is 0 Å². The SMILES string of the molecule is CCC(CC)CCC(CC)O[Si]1(CC)CCCC1. The third-order valence-corrected chi connectivity index (χ3v) is 9.73. The average Bonchev–Trinajstić information content (AvgIpc) is 2.87. The topological polar surface area (TPSA) is 9.23 Å². The summed E-state index contributed by atoms with van der Waals surface area (Å²) < 4.78 is 6.68. The molecule has 0 aromatic rings. The summed E-state index contributed by atoms with van der Waals surface area (Å²) >= 11 is 0. The molecule has 1 nitrogen and oxygen atoms in total. The van der Waals surface area contributed by atoms with Crippen molar-refractivity contribution >= 4 is 8.32 Å². The summed E-state index contributed by atoms with van der Waals surface area (Å²) in [7, 11) is -1.28. The van der Waals surface area contributed by atoms with E-state index in [1.807, 2.05) is 0 Å². The predicted molar refractivity (Wildman–Crippen MR) is 83.6 cm³/mol. The van der Waals surface area contributed by atoms with Gasteiger partial charge < -0.3 is 4.43 Å². The lowest BCUT2D eigenvalue weighted by Crippen LogP contribution is -2.38. The van der Waals surface area contributed by atoms with Gasteiger partial charge in [0.05, 0.1) is 0 Å². The van der Waals surface area contributed by atoms with Crippen LogP contribution in [-0.2, 0) is 4.43 Å². The fourth-order valence-corrected chi connectivity index (χ4v) is 7.53. The Balaban J connectivity index is 2.40. The van der Waals surface area contributed by atoms with Crippen molar-refractivity contribution in [1.82, 2.24) is 0 Å². The number of hydrogen-bond acceptors (Lipinski definition) is 1. The van der Waals surface area contributed by atoms with Gasteiger partial charge in [0.25, 0.3) is 0 Å². The van der Waals surface area contributed by atoms with Crippen LogP contribution in [0.15, 0.2) is 0 Å². The molecule has 1 atom stereocenters. The monoisotopic (exact) mass is 270 g/mol. The molecule has 0 aromatic carbocycles. The minimum atomic E-state index is -1.28. The van der Waals surface area contributed by atoms with E-state index >= 15 is 0 Å². The summed E-state index contributed by atoms with van der Waals surface area (Å²) in [5.74, 6) is 0.922. The van der Waals surface area contributed by atoms with Crippen molar-refractivity contribution in [1.29, 1.82) is 0 Å². The van der Waals surface area contributed by atoms with Crippen LogP contribution in [0.2, 0.25) is 18.1 Å². The van der Waals surface area contributed by atoms with Crippen LogP contribution in [0.25, 0.3) is 0 Å². The van der Waals surface area contributed by atoms with E-state index in [1.165, 1.54) is 63.1 Å². The molecule has 1 heterocycles. The Kier molecular flexibility index (Phi) is 7.55. The Bertz CT molecular complexity index is 207. The van der Waals surface area contributed by atoms with Crippen LogP contribution in [-0.4, -0.2) is 14.4 Å². The first-order valence-electron chi connectivity index (χ1n) is 8.37. The summed E-state index contributed by atoms with van der Waals surface area (Å²) in [6, 6.07) is 4.21. The highest BCUT2D eigenvalue weighted by molar-refractivity contribution is 6.74. The van der Waals surface area contributed by atoms with Crippen molar-refractivity contribution in [2.45, 2.75) is 96.9 Å². The van der Waals surface area contributed by atoms with Gasteiger partial charge in [-0.05, 0) is 43.3 Å². The molecule has 1 aliphatic rings. The van der Waals surface area contributed by atoms with Crippen LogP contribution in [0.3, 0.4) is 0 Å². The first-order valence-corrected chi connectivity index (χ1v) is 10.9. The summed E-state index contributed by atoms with van der Waals surface area (Å²) in [4.78, 5) is 0. The number of rotatable bonds is 9. The summed E-state index contributed by atoms with van der Waals surface area (Å²) in [5.41, 5.74) is 0. The van der Waals surface area contributed by atoms with Crippen LogP contribution in [0, 0.1) is 5.92 Å². The van der Waals surface area contributed by atoms with E-state index in [1.54, 1.807) is 0 Å². The maximum absolute atomic E-state index is 6.68. The van der Waals surface area contributed by atoms with Gasteiger partial charge in [-0.15, -0.1) is 0 Å². The minimum absolute atomic E-state index is 0.565. The first kappa shape index (κ1) is 16.2. The van der Waals surface area contributed by atoms with E-state index in [-0.39, 0.29) is 0 Å². The van der Waals surface area contributed by atoms with Gasteiger partial charge in [0.15, 0.2) is 8.32 Å². The molecule has 0 aliphatic carbocycles. The third kappa shape index (κ3) is 4.69. The molecule has 1 rings (SSSR count). The van der Waals surface area contributed by atoms with Crippen LogP contribution < -0.4 is 0 Å². The molecule has 1 fully saturated rings. The Hall–Kier alpha value is 0.177. The van der Waals surface area contributed by atoms with Crippen molar-refractivity contribution in [3.05, 3.63) is 0 Å². The second-order valence-electron chi connectivity index (χ2n) is 6.15. The predicted octanol–water partition coefficient (Wildman–Crippen LogP) is 5.76. The van der Waals surface area contributed by atoms with Gasteiger partial charge >= 0.3 is 0 Å². The van der Waals surface area contributed by atoms with E-state index in [9.17, 15) is 0 Å². The normalized spacial score (nSPS) is 20.5. The Morgan fingerprint density at radius 1 is 0.889 bits per heavy atom. The molecule has 0 bridgehead atoms. The highest BCUT2D eigenvalue weighted by Gasteiger charge is 2.38. The van der Waals surface area contributed by atoms with Crippen LogP contribution in [0.4, 0.5) is 0 Å². The van der Waals surface area contributed by atoms with Crippen LogP contribution >= 0.6 is 0 Å². The summed E-state index contributed by atoms with van der Waals surface area (Å²) in [5, 5.41) is 0. The standard InChI is InChI=1S/C16H34OSi/c1-5-15(6-2)11-12-16(7-3)17-18(8-4)13-9-10-14-18/h15-16H,5-14H2,1-4H3. The van der Waals surface area contributed by atoms with Crippen molar-refractivity contribution in [2.75, 3.05) is 0 Å². The molecular weight excluding hydrogens is 236 g/mol. The molecule has 0 saturated carbocycles. The van der Waals surface area contributed by atoms with Crippen LogP contribution in [0.1, 0.15) is 72.6 Å². The van der Waals surface area contributed by atoms with E-state index in [2.05, 4.69) is 27.7 Å². The Labute approximate surface area is 116 Å². The van der Waals surface area contributed by atoms with E-state index in [4.69, 9.17) is 4.43 Å². The molecule has 18 heavy (non-hydrogen) atoms. The van der Waals surface area contributed by atoms with Gasteiger partial charge in [-0.3, -0.25) is 0 Å². The second kappa shape index (κ2) is 8.37.